The molecule has 5 rings (SSSR count). The van der Waals surface area contributed by atoms with Gasteiger partial charge in [0.2, 0.25) is 5.91 Å². The number of nitrogens with zero attached hydrogens (tertiary/aromatic N) is 2. The third kappa shape index (κ3) is 3.95. The number of nitrogens with one attached hydrogen (secondary N) is 2. The van der Waals surface area contributed by atoms with Crippen LogP contribution in [0, 0.1) is 4.77 Å². The molecule has 1 aromatic heterocycles. The Hall–Kier alpha value is -3.33. The first-order chi connectivity index (χ1) is 15.5. The van der Waals surface area contributed by atoms with Gasteiger partial charge in [0, 0.05) is 43.1 Å². The number of fused-ring (bicyclic) bond motifs is 1. The molecule has 32 heavy (non-hydrogen) atoms. The van der Waals surface area contributed by atoms with E-state index in [-0.39, 0.29) is 12.3 Å². The summed E-state index contributed by atoms with van der Waals surface area (Å²) < 4.78 is 19.6. The van der Waals surface area contributed by atoms with Gasteiger partial charge in [-0.15, -0.1) is 0 Å². The van der Waals surface area contributed by atoms with E-state index in [1.807, 2.05) is 47.0 Å². The maximum atomic E-state index is 12.6. The van der Waals surface area contributed by atoms with Crippen molar-refractivity contribution in [2.45, 2.75) is 44.4 Å². The summed E-state index contributed by atoms with van der Waals surface area (Å²) in [5, 5.41) is 10.1. The van der Waals surface area contributed by atoms with Crippen LogP contribution in [0.1, 0.15) is 32.1 Å². The predicted molar refractivity (Wildman–Crippen MR) is 122 cm³/mol. The molecular formula is C23H24N4O4S. The highest BCUT2D eigenvalue weighted by atomic mass is 32.1. The van der Waals surface area contributed by atoms with Gasteiger partial charge in [0.05, 0.1) is 7.11 Å². The summed E-state index contributed by atoms with van der Waals surface area (Å²) in [4.78, 5) is 12.6. The number of benzene rings is 2. The Bertz CT molecular complexity index is 1200. The van der Waals surface area contributed by atoms with Crippen molar-refractivity contribution in [3.8, 4) is 28.6 Å². The molecule has 0 bridgehead atoms. The van der Waals surface area contributed by atoms with Gasteiger partial charge in [-0.2, -0.15) is 5.10 Å². The second kappa shape index (κ2) is 8.31. The third-order valence-corrected chi connectivity index (χ3v) is 6.17. The van der Waals surface area contributed by atoms with Gasteiger partial charge in [-0.25, -0.2) is 0 Å². The van der Waals surface area contributed by atoms with Crippen molar-refractivity contribution in [1.82, 2.24) is 14.8 Å². The lowest BCUT2D eigenvalue weighted by molar-refractivity contribution is -0.116. The molecule has 9 heteroatoms. The second-order valence-electron chi connectivity index (χ2n) is 8.01. The molecule has 1 aliphatic heterocycles. The van der Waals surface area contributed by atoms with E-state index < -0.39 is 5.79 Å². The fraction of sp³-hybridized carbons (Fsp3) is 0.348. The summed E-state index contributed by atoms with van der Waals surface area (Å²) in [5.41, 5.74) is 1.56. The van der Waals surface area contributed by atoms with Crippen molar-refractivity contribution < 1.29 is 19.0 Å². The van der Waals surface area contributed by atoms with E-state index >= 15 is 0 Å². The number of aromatic amines is 1. The SMILES string of the molecule is COc1ccc(-c2n[nH]c(=S)n2CCC(=O)Nc2ccc3c(c2)OC2(CCCC2)O3)cc1. The van der Waals surface area contributed by atoms with Crippen molar-refractivity contribution in [3.05, 3.63) is 47.2 Å². The quantitative estimate of drug-likeness (QED) is 0.528. The number of methoxy groups -OCH3 is 1. The third-order valence-electron chi connectivity index (χ3n) is 5.85. The van der Waals surface area contributed by atoms with Crippen LogP contribution in [0.3, 0.4) is 0 Å². The summed E-state index contributed by atoms with van der Waals surface area (Å²) in [6.07, 6.45) is 4.24. The number of H-pyrrole nitrogens is 1. The average molecular weight is 453 g/mol. The van der Waals surface area contributed by atoms with Crippen molar-refractivity contribution in [1.29, 1.82) is 0 Å². The molecule has 166 valence electrons. The smallest absolute Gasteiger partial charge is 0.251 e. The zero-order valence-corrected chi connectivity index (χ0v) is 18.5. The van der Waals surface area contributed by atoms with Gasteiger partial charge in [-0.05, 0) is 61.5 Å². The molecule has 1 aliphatic carbocycles. The number of ether oxygens (including phenoxy) is 3. The van der Waals surface area contributed by atoms with Gasteiger partial charge in [-0.1, -0.05) is 0 Å². The summed E-state index contributed by atoms with van der Waals surface area (Å²) in [6, 6.07) is 13.0. The molecule has 1 fully saturated rings. The maximum absolute atomic E-state index is 12.6. The zero-order valence-electron chi connectivity index (χ0n) is 17.7. The minimum atomic E-state index is -0.513. The Labute approximate surface area is 190 Å². The Morgan fingerprint density at radius 3 is 2.69 bits per heavy atom. The summed E-state index contributed by atoms with van der Waals surface area (Å²) in [5.74, 6) is 2.22. The number of hydrogen-bond donors (Lipinski definition) is 2. The van der Waals surface area contributed by atoms with Crippen LogP contribution < -0.4 is 19.5 Å². The van der Waals surface area contributed by atoms with Crippen molar-refractivity contribution >= 4 is 23.8 Å². The number of aromatic nitrogens is 3. The van der Waals surface area contributed by atoms with Gasteiger partial charge >= 0.3 is 0 Å². The van der Waals surface area contributed by atoms with E-state index in [1.54, 1.807) is 7.11 Å². The lowest BCUT2D eigenvalue weighted by Crippen LogP contribution is -2.34. The fourth-order valence-electron chi connectivity index (χ4n) is 4.21. The largest absolute Gasteiger partial charge is 0.497 e. The van der Waals surface area contributed by atoms with Crippen LogP contribution in [0.15, 0.2) is 42.5 Å². The van der Waals surface area contributed by atoms with Gasteiger partial charge in [-0.3, -0.25) is 14.5 Å². The molecule has 1 saturated carbocycles. The van der Waals surface area contributed by atoms with Crippen molar-refractivity contribution in [2.75, 3.05) is 12.4 Å². The minimum Gasteiger partial charge on any atom is -0.497 e. The number of anilines is 1. The molecule has 3 aromatic rings. The lowest BCUT2D eigenvalue weighted by Gasteiger charge is -2.21. The van der Waals surface area contributed by atoms with Gasteiger partial charge < -0.3 is 19.5 Å². The van der Waals surface area contributed by atoms with Crippen LogP contribution in [0.4, 0.5) is 5.69 Å². The maximum Gasteiger partial charge on any atom is 0.251 e. The van der Waals surface area contributed by atoms with E-state index in [4.69, 9.17) is 26.4 Å². The van der Waals surface area contributed by atoms with E-state index in [0.717, 1.165) is 42.7 Å². The van der Waals surface area contributed by atoms with Crippen LogP contribution in [-0.4, -0.2) is 33.6 Å². The highest BCUT2D eigenvalue weighted by Gasteiger charge is 2.44. The number of rotatable bonds is 6. The van der Waals surface area contributed by atoms with Crippen molar-refractivity contribution in [3.63, 3.8) is 0 Å². The normalized spacial score (nSPS) is 15.8. The Balaban J connectivity index is 1.24. The van der Waals surface area contributed by atoms with Crippen LogP contribution in [-0.2, 0) is 11.3 Å². The molecule has 8 nitrogen and oxygen atoms in total. The molecule has 2 N–H and O–H groups in total. The second-order valence-corrected chi connectivity index (χ2v) is 8.40. The Kier molecular flexibility index (Phi) is 5.34. The Morgan fingerprint density at radius 1 is 1.19 bits per heavy atom. The molecule has 2 aliphatic rings. The van der Waals surface area contributed by atoms with Crippen LogP contribution >= 0.6 is 12.2 Å². The van der Waals surface area contributed by atoms with E-state index in [0.29, 0.717) is 28.6 Å². The van der Waals surface area contributed by atoms with Gasteiger partial charge in [0.25, 0.3) is 5.79 Å². The highest BCUT2D eigenvalue weighted by molar-refractivity contribution is 7.71. The zero-order chi connectivity index (χ0) is 22.1. The highest BCUT2D eigenvalue weighted by Crippen LogP contribution is 2.47. The lowest BCUT2D eigenvalue weighted by atomic mass is 10.2. The van der Waals surface area contributed by atoms with Gasteiger partial charge in [0.15, 0.2) is 22.1 Å². The average Bonchev–Trinajstić information content (AvgIpc) is 3.50. The fourth-order valence-corrected chi connectivity index (χ4v) is 4.44. The molecular weight excluding hydrogens is 428 g/mol. The van der Waals surface area contributed by atoms with Crippen molar-refractivity contribution in [2.24, 2.45) is 0 Å². The molecule has 2 aromatic carbocycles. The molecule has 0 unspecified atom stereocenters. The summed E-state index contributed by atoms with van der Waals surface area (Å²) in [6.45, 7) is 0.399. The topological polar surface area (TPSA) is 90.4 Å². The first-order valence-electron chi connectivity index (χ1n) is 10.7. The molecule has 2 heterocycles. The molecule has 0 radical (unpaired) electrons. The monoisotopic (exact) mass is 452 g/mol. The first-order valence-corrected chi connectivity index (χ1v) is 11.1. The summed E-state index contributed by atoms with van der Waals surface area (Å²) in [7, 11) is 1.62. The molecule has 0 saturated heterocycles. The van der Waals surface area contributed by atoms with E-state index in [2.05, 4.69) is 15.5 Å². The molecule has 0 atom stereocenters. The number of hydrogen-bond acceptors (Lipinski definition) is 6. The number of carbonyl (C=O) groups is 1. The minimum absolute atomic E-state index is 0.122. The van der Waals surface area contributed by atoms with E-state index in [9.17, 15) is 4.79 Å². The van der Waals surface area contributed by atoms with E-state index in [1.165, 1.54) is 0 Å². The number of amides is 1. The predicted octanol–water partition coefficient (Wildman–Crippen LogP) is 4.69. The molecule has 1 amide bonds. The standard InChI is InChI=1S/C23H24N4O4S/c1-29-17-7-4-15(5-8-17)21-25-26-22(32)27(21)13-10-20(28)24-16-6-9-18-19(14-16)31-23(30-18)11-2-3-12-23/h4-9,14H,2-3,10-13H2,1H3,(H,24,28)(H,26,32). The van der Waals surface area contributed by atoms with Crippen LogP contribution in [0.2, 0.25) is 0 Å². The van der Waals surface area contributed by atoms with Gasteiger partial charge in [0.1, 0.15) is 5.75 Å². The first kappa shape index (κ1) is 20.6. The summed E-state index contributed by atoms with van der Waals surface area (Å²) >= 11 is 5.36. The van der Waals surface area contributed by atoms with Crippen LogP contribution in [0.25, 0.3) is 11.4 Å². The number of carbonyl (C=O) groups excluding carboxylic acids is 1. The Morgan fingerprint density at radius 2 is 1.94 bits per heavy atom. The van der Waals surface area contributed by atoms with Crippen LogP contribution in [0.5, 0.6) is 17.2 Å². The molecule has 1 spiro atoms.